The van der Waals surface area contributed by atoms with E-state index in [0.29, 0.717) is 4.53 Å². The van der Waals surface area contributed by atoms with Gasteiger partial charge in [-0.25, -0.2) is 13.1 Å². The first-order valence-corrected chi connectivity index (χ1v) is 13.8. The molecule has 0 bridgehead atoms. The number of rotatable bonds is 5. The van der Waals surface area contributed by atoms with Gasteiger partial charge in [0.05, 0.1) is 0 Å². The van der Waals surface area contributed by atoms with Crippen LogP contribution in [0.3, 0.4) is 0 Å². The topological polar surface area (TPSA) is 46.2 Å². The van der Waals surface area contributed by atoms with E-state index in [2.05, 4.69) is 38.6 Å². The van der Waals surface area contributed by atoms with Crippen molar-refractivity contribution in [3.05, 3.63) is 40.4 Å². The van der Waals surface area contributed by atoms with Crippen molar-refractivity contribution in [2.75, 3.05) is 0 Å². The molecule has 0 unspecified atom stereocenters. The minimum atomic E-state index is -3.49. The third-order valence-corrected chi connectivity index (χ3v) is 14.6. The van der Waals surface area contributed by atoms with Crippen molar-refractivity contribution in [3.63, 3.8) is 0 Å². The molecule has 0 saturated heterocycles. The van der Waals surface area contributed by atoms with Crippen molar-refractivity contribution < 1.29 is 8.42 Å². The van der Waals surface area contributed by atoms with E-state index >= 15 is 0 Å². The van der Waals surface area contributed by atoms with Gasteiger partial charge in [-0.05, 0) is 29.5 Å². The Morgan fingerprint density at radius 2 is 1.64 bits per heavy atom. The monoisotopic (exact) mass is 379 g/mol. The Labute approximate surface area is 155 Å². The Balaban J connectivity index is 2.45. The fourth-order valence-corrected chi connectivity index (χ4v) is 9.31. The van der Waals surface area contributed by atoms with Crippen LogP contribution in [0.1, 0.15) is 58.4 Å². The van der Waals surface area contributed by atoms with E-state index < -0.39 is 18.1 Å². The highest BCUT2D eigenvalue weighted by Gasteiger charge is 2.44. The lowest BCUT2D eigenvalue weighted by Crippen LogP contribution is -2.47. The van der Waals surface area contributed by atoms with Gasteiger partial charge in [0.2, 0.25) is 10.0 Å². The van der Waals surface area contributed by atoms with E-state index in [9.17, 15) is 8.42 Å². The summed E-state index contributed by atoms with van der Waals surface area (Å²) in [4.78, 5) is 0. The second kappa shape index (κ2) is 7.76. The third kappa shape index (κ3) is 5.05. The van der Waals surface area contributed by atoms with Gasteiger partial charge in [0.1, 0.15) is 8.07 Å². The first-order valence-electron chi connectivity index (χ1n) is 9.33. The summed E-state index contributed by atoms with van der Waals surface area (Å²) in [5.74, 6) is 0. The van der Waals surface area contributed by atoms with Gasteiger partial charge in [-0.2, -0.15) is 0 Å². The molecule has 140 valence electrons. The van der Waals surface area contributed by atoms with E-state index in [1.807, 2.05) is 36.4 Å². The van der Waals surface area contributed by atoms with Gasteiger partial charge in [0.25, 0.3) is 0 Å². The van der Waals surface area contributed by atoms with Gasteiger partial charge in [0, 0.05) is 10.6 Å². The zero-order chi connectivity index (χ0) is 18.7. The minimum Gasteiger partial charge on any atom is -0.209 e. The molecular weight excluding hydrogens is 346 g/mol. The molecule has 2 rings (SSSR count). The van der Waals surface area contributed by atoms with Crippen LogP contribution >= 0.6 is 0 Å². The van der Waals surface area contributed by atoms with Crippen LogP contribution in [0, 0.1) is 0 Å². The SMILES string of the molecule is CC(C)(C)[Si](C)(C)/C(=C\c1ccccc1)S(=O)(=O)NC1CCCCC1. The van der Waals surface area contributed by atoms with Crippen molar-refractivity contribution in [2.45, 2.75) is 77.0 Å². The molecule has 3 nitrogen and oxygen atoms in total. The molecule has 0 atom stereocenters. The average Bonchev–Trinajstić information content (AvgIpc) is 2.53. The average molecular weight is 380 g/mol. The summed E-state index contributed by atoms with van der Waals surface area (Å²) in [7, 11) is -5.71. The first-order chi connectivity index (χ1) is 11.5. The summed E-state index contributed by atoms with van der Waals surface area (Å²) < 4.78 is 30.4. The van der Waals surface area contributed by atoms with Crippen LogP contribution in [0.15, 0.2) is 34.9 Å². The van der Waals surface area contributed by atoms with Gasteiger partial charge >= 0.3 is 0 Å². The van der Waals surface area contributed by atoms with Gasteiger partial charge in [0.15, 0.2) is 0 Å². The number of hydrogen-bond donors (Lipinski definition) is 1. The van der Waals surface area contributed by atoms with Crippen LogP contribution in [0.25, 0.3) is 6.08 Å². The van der Waals surface area contributed by atoms with E-state index in [4.69, 9.17) is 0 Å². The number of nitrogens with one attached hydrogen (secondary N) is 1. The van der Waals surface area contributed by atoms with Crippen molar-refractivity contribution in [3.8, 4) is 0 Å². The molecule has 0 aliphatic heterocycles. The summed E-state index contributed by atoms with van der Waals surface area (Å²) >= 11 is 0. The normalized spacial score (nSPS) is 18.4. The quantitative estimate of drug-likeness (QED) is 0.703. The maximum Gasteiger partial charge on any atom is 0.233 e. The largest absolute Gasteiger partial charge is 0.233 e. The number of benzene rings is 1. The summed E-state index contributed by atoms with van der Waals surface area (Å²) in [6, 6.07) is 9.90. The minimum absolute atomic E-state index is 0.0467. The van der Waals surface area contributed by atoms with Gasteiger partial charge < -0.3 is 0 Å². The lowest BCUT2D eigenvalue weighted by Gasteiger charge is -2.39. The summed E-state index contributed by atoms with van der Waals surface area (Å²) in [6.07, 6.45) is 7.26. The molecule has 1 saturated carbocycles. The Morgan fingerprint density at radius 1 is 1.08 bits per heavy atom. The van der Waals surface area contributed by atoms with E-state index in [0.717, 1.165) is 31.2 Å². The van der Waals surface area contributed by atoms with Crippen LogP contribution in [-0.4, -0.2) is 22.5 Å². The van der Waals surface area contributed by atoms with Gasteiger partial charge in [-0.3, -0.25) is 0 Å². The standard InChI is InChI=1S/C20H33NO2SSi/c1-20(2,3)25(4,5)19(16-17-12-8-6-9-13-17)24(22,23)21-18-14-10-7-11-15-18/h6,8-9,12-13,16,18,21H,7,10-11,14-15H2,1-5H3/b19-16-. The second-order valence-electron chi connectivity index (χ2n) is 8.75. The maximum absolute atomic E-state index is 13.4. The van der Waals surface area contributed by atoms with Crippen LogP contribution < -0.4 is 4.72 Å². The second-order valence-corrected chi connectivity index (χ2v) is 16.1. The maximum atomic E-state index is 13.4. The van der Waals surface area contributed by atoms with E-state index in [-0.39, 0.29) is 11.1 Å². The Kier molecular flexibility index (Phi) is 6.34. The first kappa shape index (κ1) is 20.4. The van der Waals surface area contributed by atoms with Gasteiger partial charge in [-0.1, -0.05) is 83.5 Å². The van der Waals surface area contributed by atoms with E-state index in [1.165, 1.54) is 6.42 Å². The molecule has 0 aromatic heterocycles. The molecule has 1 aliphatic carbocycles. The molecule has 0 amide bonds. The van der Waals surface area contributed by atoms with Crippen molar-refractivity contribution >= 4 is 24.2 Å². The van der Waals surface area contributed by atoms with Crippen LogP contribution in [0.5, 0.6) is 0 Å². The van der Waals surface area contributed by atoms with Crippen LogP contribution in [0.2, 0.25) is 18.1 Å². The fraction of sp³-hybridized carbons (Fsp3) is 0.600. The lowest BCUT2D eigenvalue weighted by atomic mass is 9.96. The Bertz CT molecular complexity index is 697. The fourth-order valence-electron chi connectivity index (χ4n) is 3.17. The zero-order valence-electron chi connectivity index (χ0n) is 16.3. The molecule has 0 heterocycles. The van der Waals surface area contributed by atoms with Crippen LogP contribution in [0.4, 0.5) is 0 Å². The number of sulfonamides is 1. The van der Waals surface area contributed by atoms with E-state index in [1.54, 1.807) is 0 Å². The smallest absolute Gasteiger partial charge is 0.209 e. The molecular formula is C20H33NO2SSi. The Hall–Kier alpha value is -0.913. The van der Waals surface area contributed by atoms with Crippen molar-refractivity contribution in [1.82, 2.24) is 4.72 Å². The van der Waals surface area contributed by atoms with Gasteiger partial charge in [-0.15, -0.1) is 0 Å². The van der Waals surface area contributed by atoms with Crippen LogP contribution in [-0.2, 0) is 10.0 Å². The molecule has 0 spiro atoms. The molecule has 0 radical (unpaired) electrons. The summed E-state index contributed by atoms with van der Waals surface area (Å²) in [5.41, 5.74) is 0.955. The summed E-state index contributed by atoms with van der Waals surface area (Å²) in [5, 5.41) is -0.0467. The van der Waals surface area contributed by atoms with Crippen molar-refractivity contribution in [1.29, 1.82) is 0 Å². The molecule has 1 fully saturated rings. The third-order valence-electron chi connectivity index (χ3n) is 5.80. The molecule has 25 heavy (non-hydrogen) atoms. The zero-order valence-corrected chi connectivity index (χ0v) is 18.1. The highest BCUT2D eigenvalue weighted by Crippen LogP contribution is 2.43. The molecule has 1 aliphatic rings. The Morgan fingerprint density at radius 3 is 2.16 bits per heavy atom. The molecule has 1 aromatic rings. The highest BCUT2D eigenvalue weighted by atomic mass is 32.2. The van der Waals surface area contributed by atoms with Crippen molar-refractivity contribution in [2.24, 2.45) is 0 Å². The molecule has 1 N–H and O–H groups in total. The lowest BCUT2D eigenvalue weighted by molar-refractivity contribution is 0.413. The predicted octanol–water partition coefficient (Wildman–Crippen LogP) is 5.33. The number of hydrogen-bond acceptors (Lipinski definition) is 2. The molecule has 5 heteroatoms. The highest BCUT2D eigenvalue weighted by molar-refractivity contribution is 7.96. The molecule has 1 aromatic carbocycles. The summed E-state index contributed by atoms with van der Waals surface area (Å²) in [6.45, 7) is 10.8. The predicted molar refractivity (Wildman–Crippen MR) is 111 cm³/mol.